The van der Waals surface area contributed by atoms with Gasteiger partial charge in [-0.25, -0.2) is 4.79 Å². The largest absolute Gasteiger partial charge is 0.422 e. The number of aryl methyl sites for hydroxylation is 2. The average Bonchev–Trinajstić information content (AvgIpc) is 3.44. The number of ether oxygens (including phenoxy) is 1. The van der Waals surface area contributed by atoms with Crippen LogP contribution >= 0.6 is 11.3 Å². The van der Waals surface area contributed by atoms with E-state index in [1.807, 2.05) is 30.3 Å². The third-order valence-corrected chi connectivity index (χ3v) is 8.69. The van der Waals surface area contributed by atoms with Crippen LogP contribution in [0.2, 0.25) is 0 Å². The maximum atomic E-state index is 12.7. The lowest BCUT2D eigenvalue weighted by molar-refractivity contribution is 0.0740. The molecule has 0 unspecified atom stereocenters. The minimum absolute atomic E-state index is 0.260. The zero-order valence-corrected chi connectivity index (χ0v) is 25.3. The molecular formula is C36H50O2S. The number of esters is 1. The van der Waals surface area contributed by atoms with Crippen molar-refractivity contribution >= 4 is 17.3 Å². The molecule has 39 heavy (non-hydrogen) atoms. The molecule has 0 saturated heterocycles. The van der Waals surface area contributed by atoms with E-state index in [2.05, 4.69) is 44.2 Å². The van der Waals surface area contributed by atoms with Crippen LogP contribution in [-0.4, -0.2) is 5.97 Å². The lowest BCUT2D eigenvalue weighted by Gasteiger charge is -2.07. The van der Waals surface area contributed by atoms with Crippen molar-refractivity contribution in [2.24, 2.45) is 0 Å². The van der Waals surface area contributed by atoms with Crippen molar-refractivity contribution in [2.45, 2.75) is 123 Å². The predicted octanol–water partition coefficient (Wildman–Crippen LogP) is 11.6. The van der Waals surface area contributed by atoms with E-state index in [0.29, 0.717) is 10.6 Å². The van der Waals surface area contributed by atoms with Gasteiger partial charge >= 0.3 is 5.97 Å². The van der Waals surface area contributed by atoms with Crippen LogP contribution in [0.5, 0.6) is 5.75 Å². The lowest BCUT2D eigenvalue weighted by atomic mass is 10.0. The monoisotopic (exact) mass is 546 g/mol. The molecule has 0 bridgehead atoms. The quantitative estimate of drug-likeness (QED) is 0.0800. The SMILES string of the molecule is CCCCCCCCCCc1ccc(C(=O)Oc2ccc(-c3ccc(CCCCCCCCC)cc3)cc2)s1. The Hall–Kier alpha value is -2.39. The van der Waals surface area contributed by atoms with E-state index in [-0.39, 0.29) is 5.97 Å². The van der Waals surface area contributed by atoms with Crippen molar-refractivity contribution < 1.29 is 9.53 Å². The number of hydrogen-bond acceptors (Lipinski definition) is 3. The molecule has 0 N–H and O–H groups in total. The second-order valence-electron chi connectivity index (χ2n) is 11.0. The van der Waals surface area contributed by atoms with Gasteiger partial charge in [0, 0.05) is 4.88 Å². The van der Waals surface area contributed by atoms with Gasteiger partial charge in [0.05, 0.1) is 0 Å². The Morgan fingerprint density at radius 2 is 1.05 bits per heavy atom. The molecule has 0 aliphatic carbocycles. The van der Waals surface area contributed by atoms with Crippen molar-refractivity contribution in [1.82, 2.24) is 0 Å². The first kappa shape index (κ1) is 31.1. The highest BCUT2D eigenvalue weighted by Crippen LogP contribution is 2.25. The van der Waals surface area contributed by atoms with Crippen LogP contribution in [0.15, 0.2) is 60.7 Å². The first-order chi connectivity index (χ1) is 19.2. The molecular weight excluding hydrogens is 496 g/mol. The third kappa shape index (κ3) is 12.1. The first-order valence-corrected chi connectivity index (χ1v) is 16.5. The molecule has 1 heterocycles. The molecule has 0 atom stereocenters. The molecule has 0 aliphatic heterocycles. The van der Waals surface area contributed by atoms with Gasteiger partial charge in [0.2, 0.25) is 0 Å². The Bertz CT molecular complexity index is 1050. The van der Waals surface area contributed by atoms with Crippen LogP contribution in [0.1, 0.15) is 130 Å². The molecule has 0 amide bonds. The Balaban J connectivity index is 1.37. The molecule has 0 saturated carbocycles. The normalized spacial score (nSPS) is 11.1. The van der Waals surface area contributed by atoms with Crippen molar-refractivity contribution in [3.8, 4) is 16.9 Å². The van der Waals surface area contributed by atoms with Crippen LogP contribution in [0.4, 0.5) is 0 Å². The van der Waals surface area contributed by atoms with E-state index in [4.69, 9.17) is 4.74 Å². The van der Waals surface area contributed by atoms with Crippen molar-refractivity contribution in [2.75, 3.05) is 0 Å². The van der Waals surface area contributed by atoms with Crippen LogP contribution in [-0.2, 0) is 12.8 Å². The molecule has 3 rings (SSSR count). The zero-order valence-electron chi connectivity index (χ0n) is 24.5. The number of carbonyl (C=O) groups is 1. The number of unbranched alkanes of at least 4 members (excludes halogenated alkanes) is 13. The molecule has 0 spiro atoms. The van der Waals surface area contributed by atoms with Gasteiger partial charge in [0.15, 0.2) is 0 Å². The maximum Gasteiger partial charge on any atom is 0.353 e. The number of benzene rings is 2. The van der Waals surface area contributed by atoms with Gasteiger partial charge in [-0.3, -0.25) is 0 Å². The van der Waals surface area contributed by atoms with Crippen LogP contribution in [0.25, 0.3) is 11.1 Å². The summed E-state index contributed by atoms with van der Waals surface area (Å²) in [5.74, 6) is 0.335. The fourth-order valence-corrected chi connectivity index (χ4v) is 6.00. The van der Waals surface area contributed by atoms with Gasteiger partial charge in [-0.2, -0.15) is 0 Å². The molecule has 212 valence electrons. The van der Waals surface area contributed by atoms with Gasteiger partial charge in [0.1, 0.15) is 10.6 Å². The molecule has 2 aromatic carbocycles. The van der Waals surface area contributed by atoms with Crippen molar-refractivity contribution in [1.29, 1.82) is 0 Å². The Morgan fingerprint density at radius 3 is 1.62 bits per heavy atom. The lowest BCUT2D eigenvalue weighted by Crippen LogP contribution is -2.06. The highest BCUT2D eigenvalue weighted by atomic mass is 32.1. The van der Waals surface area contributed by atoms with Gasteiger partial charge in [-0.15, -0.1) is 11.3 Å². The van der Waals surface area contributed by atoms with Crippen LogP contribution < -0.4 is 4.74 Å². The summed E-state index contributed by atoms with van der Waals surface area (Å²) in [4.78, 5) is 14.6. The van der Waals surface area contributed by atoms with E-state index >= 15 is 0 Å². The van der Waals surface area contributed by atoms with E-state index in [1.165, 1.54) is 112 Å². The van der Waals surface area contributed by atoms with Crippen molar-refractivity contribution in [3.05, 3.63) is 76.0 Å². The summed E-state index contributed by atoms with van der Waals surface area (Å²) in [6.45, 7) is 4.53. The zero-order chi connectivity index (χ0) is 27.5. The number of rotatable bonds is 20. The number of carbonyl (C=O) groups excluding carboxylic acids is 1. The second kappa shape index (κ2) is 18.8. The summed E-state index contributed by atoms with van der Waals surface area (Å²) in [7, 11) is 0. The minimum atomic E-state index is -0.260. The fraction of sp³-hybridized carbons (Fsp3) is 0.528. The summed E-state index contributed by atoms with van der Waals surface area (Å²) >= 11 is 1.57. The summed E-state index contributed by atoms with van der Waals surface area (Å²) in [6, 6.07) is 20.8. The molecule has 1 aromatic heterocycles. The smallest absolute Gasteiger partial charge is 0.353 e. The first-order valence-electron chi connectivity index (χ1n) is 15.7. The highest BCUT2D eigenvalue weighted by molar-refractivity contribution is 7.13. The second-order valence-corrected chi connectivity index (χ2v) is 12.1. The van der Waals surface area contributed by atoms with E-state index in [1.54, 1.807) is 11.3 Å². The van der Waals surface area contributed by atoms with Crippen molar-refractivity contribution in [3.63, 3.8) is 0 Å². The average molecular weight is 547 g/mol. The molecule has 0 fully saturated rings. The van der Waals surface area contributed by atoms with Crippen LogP contribution in [0.3, 0.4) is 0 Å². The Morgan fingerprint density at radius 1 is 0.564 bits per heavy atom. The van der Waals surface area contributed by atoms with E-state index in [9.17, 15) is 4.79 Å². The van der Waals surface area contributed by atoms with Gasteiger partial charge in [-0.1, -0.05) is 134 Å². The molecule has 3 aromatic rings. The highest BCUT2D eigenvalue weighted by Gasteiger charge is 2.12. The summed E-state index contributed by atoms with van der Waals surface area (Å²) in [5, 5.41) is 0. The molecule has 3 heteroatoms. The standard InChI is InChI=1S/C36H50O2S/c1-3-5-7-9-11-13-15-17-19-34-28-29-35(39-34)36(37)38-33-26-24-32(25-27-33)31-22-20-30(21-23-31)18-16-14-12-10-8-6-4-2/h20-29H,3-19H2,1-2H3. The molecule has 2 nitrogen and oxygen atoms in total. The molecule has 0 radical (unpaired) electrons. The number of hydrogen-bond donors (Lipinski definition) is 0. The topological polar surface area (TPSA) is 26.3 Å². The summed E-state index contributed by atoms with van der Waals surface area (Å²) < 4.78 is 5.67. The number of thiophene rings is 1. The van der Waals surface area contributed by atoms with E-state index < -0.39 is 0 Å². The minimum Gasteiger partial charge on any atom is -0.422 e. The summed E-state index contributed by atoms with van der Waals surface area (Å²) in [6.07, 6.45) is 22.2. The predicted molar refractivity (Wildman–Crippen MR) is 169 cm³/mol. The van der Waals surface area contributed by atoms with E-state index in [0.717, 1.165) is 18.4 Å². The fourth-order valence-electron chi connectivity index (χ4n) is 5.08. The van der Waals surface area contributed by atoms with Gasteiger partial charge in [0.25, 0.3) is 0 Å². The van der Waals surface area contributed by atoms with Gasteiger partial charge < -0.3 is 4.74 Å². The summed E-state index contributed by atoms with van der Waals surface area (Å²) in [5.41, 5.74) is 3.75. The Labute approximate surface area is 242 Å². The maximum absolute atomic E-state index is 12.7. The molecule has 0 aliphatic rings. The van der Waals surface area contributed by atoms with Crippen LogP contribution in [0, 0.1) is 0 Å². The van der Waals surface area contributed by atoms with Gasteiger partial charge in [-0.05, 0) is 66.6 Å². The third-order valence-electron chi connectivity index (χ3n) is 7.56. The Kier molecular flexibility index (Phi) is 15.0.